The van der Waals surface area contributed by atoms with Crippen LogP contribution in [0.4, 0.5) is 0 Å². The van der Waals surface area contributed by atoms with Crippen LogP contribution in [0.2, 0.25) is 0 Å². The van der Waals surface area contributed by atoms with Gasteiger partial charge in [0.15, 0.2) is 24.3 Å². The largest absolute Gasteiger partial charge is 0.479 e. The number of hydroxylamine groups is 2. The third-order valence-corrected chi connectivity index (χ3v) is 4.22. The number of benzene rings is 1. The van der Waals surface area contributed by atoms with E-state index in [0.717, 1.165) is 0 Å². The van der Waals surface area contributed by atoms with Gasteiger partial charge in [0.05, 0.1) is 11.1 Å². The predicted molar refractivity (Wildman–Crippen MR) is 78.1 cm³/mol. The standard InChI is InChI=1S/C16H15NO8/c1-16(2)23-11-9(10(14(20)21)22-15(11)24-16)25-17-12(18)7-5-3-4-6-8(7)13(17)19/h3-6,9-11,15H,1-2H3,(H,20,21)/t9-,10-,11+,15+/m0/s1. The van der Waals surface area contributed by atoms with Crippen molar-refractivity contribution in [1.29, 1.82) is 0 Å². The molecule has 3 aliphatic heterocycles. The number of nitrogens with zero attached hydrogens (tertiary/aromatic N) is 1. The van der Waals surface area contributed by atoms with E-state index in [0.29, 0.717) is 5.06 Å². The first-order chi connectivity index (χ1) is 11.8. The SMILES string of the molecule is CC1(C)O[C@H]2O[C@H](C(=O)O)[C@H](ON3C(=O)c4ccccc4C3=O)[C@H]2O1. The van der Waals surface area contributed by atoms with Crippen LogP contribution in [-0.4, -0.2) is 58.3 Å². The molecule has 0 aromatic heterocycles. The van der Waals surface area contributed by atoms with E-state index < -0.39 is 48.2 Å². The van der Waals surface area contributed by atoms with Gasteiger partial charge in [-0.1, -0.05) is 12.1 Å². The molecule has 3 heterocycles. The summed E-state index contributed by atoms with van der Waals surface area (Å²) in [6.45, 7) is 3.28. The predicted octanol–water partition coefficient (Wildman–Crippen LogP) is 0.544. The third kappa shape index (κ3) is 2.44. The molecular formula is C16H15NO8. The van der Waals surface area contributed by atoms with Crippen molar-refractivity contribution >= 4 is 17.8 Å². The number of hydrogen-bond acceptors (Lipinski definition) is 7. The number of aliphatic carboxylic acids is 1. The number of carboxylic acids is 1. The quantitative estimate of drug-likeness (QED) is 0.787. The highest BCUT2D eigenvalue weighted by molar-refractivity contribution is 6.20. The molecule has 9 nitrogen and oxygen atoms in total. The number of fused-ring (bicyclic) bond motifs is 2. The van der Waals surface area contributed by atoms with Crippen molar-refractivity contribution in [2.24, 2.45) is 0 Å². The summed E-state index contributed by atoms with van der Waals surface area (Å²) in [6.07, 6.45) is -4.50. The lowest BCUT2D eigenvalue weighted by Gasteiger charge is -2.26. The Morgan fingerprint density at radius 3 is 2.32 bits per heavy atom. The molecular weight excluding hydrogens is 334 g/mol. The van der Waals surface area contributed by atoms with Crippen molar-refractivity contribution in [3.05, 3.63) is 35.4 Å². The maximum absolute atomic E-state index is 12.4. The van der Waals surface area contributed by atoms with E-state index in [1.165, 1.54) is 12.1 Å². The molecule has 25 heavy (non-hydrogen) atoms. The van der Waals surface area contributed by atoms with Crippen LogP contribution in [-0.2, 0) is 23.8 Å². The molecule has 9 heteroatoms. The second-order valence-corrected chi connectivity index (χ2v) is 6.38. The fraction of sp³-hybridized carbons (Fsp3) is 0.438. The molecule has 2 fully saturated rings. The second-order valence-electron chi connectivity index (χ2n) is 6.38. The van der Waals surface area contributed by atoms with E-state index in [1.54, 1.807) is 26.0 Å². The molecule has 0 bridgehead atoms. The molecule has 0 aliphatic carbocycles. The summed E-state index contributed by atoms with van der Waals surface area (Å²) in [7, 11) is 0. The minimum Gasteiger partial charge on any atom is -0.479 e. The van der Waals surface area contributed by atoms with Crippen LogP contribution < -0.4 is 0 Å². The van der Waals surface area contributed by atoms with Crippen LogP contribution in [0.5, 0.6) is 0 Å². The number of carboxylic acid groups (broad SMARTS) is 1. The van der Waals surface area contributed by atoms with Gasteiger partial charge in [-0.15, -0.1) is 5.06 Å². The van der Waals surface area contributed by atoms with E-state index in [4.69, 9.17) is 19.0 Å². The lowest BCUT2D eigenvalue weighted by atomic mass is 10.1. The Labute approximate surface area is 142 Å². The summed E-state index contributed by atoms with van der Waals surface area (Å²) in [5.41, 5.74) is 0.387. The highest BCUT2D eigenvalue weighted by Crippen LogP contribution is 2.39. The maximum atomic E-state index is 12.4. The molecule has 132 valence electrons. The minimum absolute atomic E-state index is 0.193. The molecule has 3 aliphatic rings. The molecule has 0 spiro atoms. The number of rotatable bonds is 3. The lowest BCUT2D eigenvalue weighted by Crippen LogP contribution is -2.46. The van der Waals surface area contributed by atoms with Crippen LogP contribution in [0.1, 0.15) is 34.6 Å². The monoisotopic (exact) mass is 349 g/mol. The minimum atomic E-state index is -1.43. The molecule has 1 aromatic carbocycles. The summed E-state index contributed by atoms with van der Waals surface area (Å²) >= 11 is 0. The zero-order chi connectivity index (χ0) is 17.9. The summed E-state index contributed by atoms with van der Waals surface area (Å²) in [6, 6.07) is 6.25. The lowest BCUT2D eigenvalue weighted by molar-refractivity contribution is -0.237. The Morgan fingerprint density at radius 1 is 1.16 bits per heavy atom. The van der Waals surface area contributed by atoms with Gasteiger partial charge in [0.25, 0.3) is 11.8 Å². The molecule has 0 saturated carbocycles. The van der Waals surface area contributed by atoms with Crippen LogP contribution >= 0.6 is 0 Å². The van der Waals surface area contributed by atoms with Crippen molar-refractivity contribution in [2.45, 2.75) is 44.2 Å². The van der Waals surface area contributed by atoms with Gasteiger partial charge < -0.3 is 19.3 Å². The van der Waals surface area contributed by atoms with Gasteiger partial charge in [-0.3, -0.25) is 14.4 Å². The summed E-state index contributed by atoms with van der Waals surface area (Å²) in [5, 5.41) is 9.90. The first kappa shape index (κ1) is 16.2. The van der Waals surface area contributed by atoms with Gasteiger partial charge in [0.2, 0.25) is 0 Å². The van der Waals surface area contributed by atoms with Crippen LogP contribution in [0.25, 0.3) is 0 Å². The maximum Gasteiger partial charge on any atom is 0.335 e. The Balaban J connectivity index is 1.61. The number of carbonyl (C=O) groups excluding carboxylic acids is 2. The van der Waals surface area contributed by atoms with Crippen LogP contribution in [0.15, 0.2) is 24.3 Å². The smallest absolute Gasteiger partial charge is 0.335 e. The Morgan fingerprint density at radius 2 is 1.76 bits per heavy atom. The van der Waals surface area contributed by atoms with E-state index in [9.17, 15) is 19.5 Å². The van der Waals surface area contributed by atoms with Crippen LogP contribution in [0, 0.1) is 0 Å². The number of hydrogen-bond donors (Lipinski definition) is 1. The zero-order valence-corrected chi connectivity index (χ0v) is 13.4. The van der Waals surface area contributed by atoms with E-state index in [2.05, 4.69) is 0 Å². The summed E-state index contributed by atoms with van der Waals surface area (Å²) < 4.78 is 16.5. The Kier molecular flexibility index (Phi) is 3.45. The summed E-state index contributed by atoms with van der Waals surface area (Å²) in [5.74, 6) is -3.62. The first-order valence-corrected chi connectivity index (χ1v) is 7.67. The average Bonchev–Trinajstić information content (AvgIpc) is 3.11. The number of imide groups is 1. The molecule has 4 rings (SSSR count). The van der Waals surface area contributed by atoms with E-state index in [-0.39, 0.29) is 11.1 Å². The first-order valence-electron chi connectivity index (χ1n) is 7.67. The van der Waals surface area contributed by atoms with Gasteiger partial charge in [0.1, 0.15) is 6.10 Å². The molecule has 2 saturated heterocycles. The molecule has 4 atom stereocenters. The average molecular weight is 349 g/mol. The van der Waals surface area contributed by atoms with Crippen molar-refractivity contribution in [2.75, 3.05) is 0 Å². The van der Waals surface area contributed by atoms with Crippen molar-refractivity contribution in [1.82, 2.24) is 5.06 Å². The third-order valence-electron chi connectivity index (χ3n) is 4.22. The Hall–Kier alpha value is -2.33. The summed E-state index contributed by atoms with van der Waals surface area (Å²) in [4.78, 5) is 41.8. The van der Waals surface area contributed by atoms with Crippen molar-refractivity contribution < 1.29 is 38.5 Å². The second kappa shape index (κ2) is 5.33. The fourth-order valence-electron chi connectivity index (χ4n) is 3.18. The van der Waals surface area contributed by atoms with E-state index >= 15 is 0 Å². The van der Waals surface area contributed by atoms with Crippen LogP contribution in [0.3, 0.4) is 0 Å². The van der Waals surface area contributed by atoms with Crippen molar-refractivity contribution in [3.63, 3.8) is 0 Å². The zero-order valence-electron chi connectivity index (χ0n) is 13.4. The number of amides is 2. The van der Waals surface area contributed by atoms with Gasteiger partial charge >= 0.3 is 5.97 Å². The normalized spacial score (nSPS) is 32.8. The molecule has 0 radical (unpaired) electrons. The van der Waals surface area contributed by atoms with Gasteiger partial charge in [0, 0.05) is 0 Å². The van der Waals surface area contributed by atoms with Gasteiger partial charge in [-0.2, -0.15) is 0 Å². The highest BCUT2D eigenvalue weighted by Gasteiger charge is 2.59. The molecule has 1 aromatic rings. The number of carbonyl (C=O) groups is 3. The molecule has 2 amide bonds. The molecule has 1 N–H and O–H groups in total. The number of ether oxygens (including phenoxy) is 3. The Bertz CT molecular complexity index is 740. The topological polar surface area (TPSA) is 112 Å². The van der Waals surface area contributed by atoms with Gasteiger partial charge in [-0.05, 0) is 26.0 Å². The molecule has 0 unspecified atom stereocenters. The highest BCUT2D eigenvalue weighted by atomic mass is 16.9. The van der Waals surface area contributed by atoms with E-state index in [1.807, 2.05) is 0 Å². The van der Waals surface area contributed by atoms with Crippen molar-refractivity contribution in [3.8, 4) is 0 Å². The fourth-order valence-corrected chi connectivity index (χ4v) is 3.18. The van der Waals surface area contributed by atoms with Gasteiger partial charge in [-0.25, -0.2) is 4.79 Å².